The van der Waals surface area contributed by atoms with E-state index in [4.69, 9.17) is 0 Å². The molecule has 0 N–H and O–H groups in total. The first-order valence-corrected chi connectivity index (χ1v) is 6.43. The SMILES string of the molecule is C/C=C/CCN1CC(=O)N2CCCCC2C1=O. The van der Waals surface area contributed by atoms with Crippen molar-refractivity contribution in [3.8, 4) is 0 Å². The Morgan fingerprint density at radius 3 is 2.94 bits per heavy atom. The molecule has 17 heavy (non-hydrogen) atoms. The first-order valence-electron chi connectivity index (χ1n) is 6.43. The van der Waals surface area contributed by atoms with Gasteiger partial charge in [-0.05, 0) is 32.6 Å². The molecule has 0 saturated carbocycles. The van der Waals surface area contributed by atoms with Crippen LogP contribution in [0.15, 0.2) is 12.2 Å². The molecule has 2 fully saturated rings. The summed E-state index contributed by atoms with van der Waals surface area (Å²) in [5.74, 6) is 0.267. The lowest BCUT2D eigenvalue weighted by molar-refractivity contribution is -0.157. The molecule has 2 amide bonds. The maximum Gasteiger partial charge on any atom is 0.245 e. The van der Waals surface area contributed by atoms with Gasteiger partial charge in [-0.25, -0.2) is 0 Å². The van der Waals surface area contributed by atoms with Crippen molar-refractivity contribution in [2.45, 2.75) is 38.6 Å². The van der Waals surface area contributed by atoms with Gasteiger partial charge in [0, 0.05) is 13.1 Å². The number of carbonyl (C=O) groups excluding carboxylic acids is 2. The number of piperazine rings is 1. The molecule has 0 spiro atoms. The lowest BCUT2D eigenvalue weighted by atomic mass is 9.98. The van der Waals surface area contributed by atoms with Crippen molar-refractivity contribution in [1.82, 2.24) is 9.80 Å². The van der Waals surface area contributed by atoms with E-state index < -0.39 is 0 Å². The summed E-state index contributed by atoms with van der Waals surface area (Å²) in [5, 5.41) is 0. The molecule has 1 atom stereocenters. The van der Waals surface area contributed by atoms with Gasteiger partial charge in [0.2, 0.25) is 11.8 Å². The van der Waals surface area contributed by atoms with E-state index in [-0.39, 0.29) is 24.4 Å². The molecule has 0 aromatic heterocycles. The largest absolute Gasteiger partial charge is 0.331 e. The summed E-state index contributed by atoms with van der Waals surface area (Å²) < 4.78 is 0. The summed E-state index contributed by atoms with van der Waals surface area (Å²) >= 11 is 0. The van der Waals surface area contributed by atoms with Crippen molar-refractivity contribution in [3.05, 3.63) is 12.2 Å². The van der Waals surface area contributed by atoms with Crippen LogP contribution in [0.2, 0.25) is 0 Å². The van der Waals surface area contributed by atoms with Crippen LogP contribution in [-0.4, -0.2) is 47.3 Å². The van der Waals surface area contributed by atoms with Crippen molar-refractivity contribution in [3.63, 3.8) is 0 Å². The second-order valence-electron chi connectivity index (χ2n) is 4.72. The number of rotatable bonds is 3. The fourth-order valence-electron chi connectivity index (χ4n) is 2.62. The van der Waals surface area contributed by atoms with Gasteiger partial charge in [-0.2, -0.15) is 0 Å². The molecular weight excluding hydrogens is 216 g/mol. The van der Waals surface area contributed by atoms with Crippen LogP contribution >= 0.6 is 0 Å². The van der Waals surface area contributed by atoms with Gasteiger partial charge < -0.3 is 9.80 Å². The smallest absolute Gasteiger partial charge is 0.245 e. The molecule has 0 aromatic rings. The van der Waals surface area contributed by atoms with Crippen LogP contribution in [0.1, 0.15) is 32.6 Å². The number of hydrogen-bond acceptors (Lipinski definition) is 2. The zero-order valence-corrected chi connectivity index (χ0v) is 10.4. The highest BCUT2D eigenvalue weighted by Crippen LogP contribution is 2.23. The minimum absolute atomic E-state index is 0.120. The van der Waals surface area contributed by atoms with E-state index in [9.17, 15) is 9.59 Å². The summed E-state index contributed by atoms with van der Waals surface area (Å²) in [7, 11) is 0. The second kappa shape index (κ2) is 5.34. The van der Waals surface area contributed by atoms with E-state index in [1.807, 2.05) is 19.1 Å². The summed E-state index contributed by atoms with van der Waals surface area (Å²) in [6.07, 6.45) is 7.78. The standard InChI is InChI=1S/C13H20N2O2/c1-2-3-5-8-14-10-12(16)15-9-6-4-7-11(15)13(14)17/h2-3,11H,4-10H2,1H3/b3-2+. The van der Waals surface area contributed by atoms with Crippen molar-refractivity contribution in [1.29, 1.82) is 0 Å². The highest BCUT2D eigenvalue weighted by molar-refractivity contribution is 5.95. The maximum absolute atomic E-state index is 12.2. The molecule has 2 saturated heterocycles. The molecule has 2 aliphatic heterocycles. The molecule has 2 heterocycles. The van der Waals surface area contributed by atoms with Gasteiger partial charge in [0.15, 0.2) is 0 Å². The minimum atomic E-state index is -0.171. The molecule has 0 bridgehead atoms. The third kappa shape index (κ3) is 2.51. The fourth-order valence-corrected chi connectivity index (χ4v) is 2.62. The predicted octanol–water partition coefficient (Wildman–Crippen LogP) is 1.18. The first-order chi connectivity index (χ1) is 8.24. The number of hydrogen-bond donors (Lipinski definition) is 0. The van der Waals surface area contributed by atoms with Gasteiger partial charge >= 0.3 is 0 Å². The van der Waals surface area contributed by atoms with Gasteiger partial charge in [-0.15, -0.1) is 0 Å². The molecule has 0 aliphatic carbocycles. The Morgan fingerprint density at radius 1 is 1.35 bits per heavy atom. The highest BCUT2D eigenvalue weighted by atomic mass is 16.2. The number of carbonyl (C=O) groups is 2. The highest BCUT2D eigenvalue weighted by Gasteiger charge is 2.39. The van der Waals surface area contributed by atoms with Gasteiger partial charge in [0.05, 0.1) is 6.54 Å². The number of fused-ring (bicyclic) bond motifs is 1. The van der Waals surface area contributed by atoms with Crippen LogP contribution < -0.4 is 0 Å². The Kier molecular flexibility index (Phi) is 3.82. The summed E-state index contributed by atoms with van der Waals surface area (Å²) in [6, 6.07) is -0.171. The number of nitrogens with zero attached hydrogens (tertiary/aromatic N) is 2. The van der Waals surface area contributed by atoms with Crippen LogP contribution in [0.25, 0.3) is 0 Å². The Labute approximate surface area is 102 Å². The second-order valence-corrected chi connectivity index (χ2v) is 4.72. The zero-order chi connectivity index (χ0) is 12.3. The molecule has 1 unspecified atom stereocenters. The third-order valence-corrected chi connectivity index (χ3v) is 3.55. The van der Waals surface area contributed by atoms with E-state index in [1.54, 1.807) is 9.80 Å². The predicted molar refractivity (Wildman–Crippen MR) is 65.4 cm³/mol. The zero-order valence-electron chi connectivity index (χ0n) is 10.4. The normalized spacial score (nSPS) is 25.6. The molecule has 94 valence electrons. The van der Waals surface area contributed by atoms with E-state index in [1.165, 1.54) is 0 Å². The van der Waals surface area contributed by atoms with Crippen LogP contribution in [-0.2, 0) is 9.59 Å². The molecular formula is C13H20N2O2. The van der Waals surface area contributed by atoms with Crippen LogP contribution in [0.4, 0.5) is 0 Å². The Bertz CT molecular complexity index is 338. The lowest BCUT2D eigenvalue weighted by Crippen LogP contribution is -2.61. The van der Waals surface area contributed by atoms with Crippen LogP contribution in [0.3, 0.4) is 0 Å². The Hall–Kier alpha value is -1.32. The van der Waals surface area contributed by atoms with E-state index >= 15 is 0 Å². The average molecular weight is 236 g/mol. The quantitative estimate of drug-likeness (QED) is 0.690. The van der Waals surface area contributed by atoms with Gasteiger partial charge in [0.1, 0.15) is 6.04 Å². The Morgan fingerprint density at radius 2 is 2.18 bits per heavy atom. The Balaban J connectivity index is 2.01. The van der Waals surface area contributed by atoms with Crippen molar-refractivity contribution < 1.29 is 9.59 Å². The average Bonchev–Trinajstić information content (AvgIpc) is 2.36. The molecule has 0 aromatic carbocycles. The number of piperidine rings is 1. The lowest BCUT2D eigenvalue weighted by Gasteiger charge is -2.42. The van der Waals surface area contributed by atoms with Crippen molar-refractivity contribution in [2.75, 3.05) is 19.6 Å². The van der Waals surface area contributed by atoms with E-state index in [0.29, 0.717) is 6.54 Å². The summed E-state index contributed by atoms with van der Waals surface area (Å²) in [6.45, 7) is 3.66. The van der Waals surface area contributed by atoms with E-state index in [0.717, 1.165) is 32.2 Å². The van der Waals surface area contributed by atoms with Crippen molar-refractivity contribution >= 4 is 11.8 Å². The molecule has 2 rings (SSSR count). The van der Waals surface area contributed by atoms with Crippen LogP contribution in [0, 0.1) is 0 Å². The van der Waals surface area contributed by atoms with Crippen LogP contribution in [0.5, 0.6) is 0 Å². The van der Waals surface area contributed by atoms with Gasteiger partial charge in [-0.3, -0.25) is 9.59 Å². The molecule has 4 heteroatoms. The topological polar surface area (TPSA) is 40.6 Å². The van der Waals surface area contributed by atoms with Crippen molar-refractivity contribution in [2.24, 2.45) is 0 Å². The summed E-state index contributed by atoms with van der Waals surface area (Å²) in [5.41, 5.74) is 0. The van der Waals surface area contributed by atoms with Gasteiger partial charge in [0.25, 0.3) is 0 Å². The first kappa shape index (κ1) is 12.1. The fraction of sp³-hybridized carbons (Fsp3) is 0.692. The monoisotopic (exact) mass is 236 g/mol. The van der Waals surface area contributed by atoms with Gasteiger partial charge in [-0.1, -0.05) is 12.2 Å². The van der Waals surface area contributed by atoms with E-state index in [2.05, 4.69) is 0 Å². The summed E-state index contributed by atoms with van der Waals surface area (Å²) in [4.78, 5) is 27.6. The third-order valence-electron chi connectivity index (χ3n) is 3.55. The maximum atomic E-state index is 12.2. The minimum Gasteiger partial charge on any atom is -0.331 e. The molecule has 2 aliphatic rings. The molecule has 0 radical (unpaired) electrons. The number of allylic oxidation sites excluding steroid dienone is 1. The number of amides is 2. The molecule has 4 nitrogen and oxygen atoms in total.